The topological polar surface area (TPSA) is 20.3 Å². The van der Waals surface area contributed by atoms with E-state index in [1.807, 2.05) is 0 Å². The molecule has 1 unspecified atom stereocenters. The van der Waals surface area contributed by atoms with Gasteiger partial charge in [-0.15, -0.1) is 0 Å². The lowest BCUT2D eigenvalue weighted by Crippen LogP contribution is -2.28. The minimum absolute atomic E-state index is 0.529. The van der Waals surface area contributed by atoms with Crippen LogP contribution in [0.4, 0.5) is 5.69 Å². The van der Waals surface area contributed by atoms with Gasteiger partial charge in [0.15, 0.2) is 0 Å². The van der Waals surface area contributed by atoms with Crippen LogP contribution in [0.5, 0.6) is 0 Å². The third-order valence-corrected chi connectivity index (χ3v) is 3.35. The second-order valence-electron chi connectivity index (χ2n) is 4.91. The van der Waals surface area contributed by atoms with Gasteiger partial charge in [0.05, 0.1) is 0 Å². The van der Waals surface area contributed by atoms with Gasteiger partial charge in [-0.1, -0.05) is 19.1 Å². The predicted molar refractivity (Wildman–Crippen MR) is 67.1 cm³/mol. The Morgan fingerprint density at radius 1 is 1.50 bits per heavy atom. The van der Waals surface area contributed by atoms with Crippen molar-refractivity contribution in [2.75, 3.05) is 11.4 Å². The Morgan fingerprint density at radius 3 is 2.88 bits per heavy atom. The first-order valence-corrected chi connectivity index (χ1v) is 5.96. The van der Waals surface area contributed by atoms with Crippen molar-refractivity contribution in [3.63, 3.8) is 0 Å². The molecule has 0 aromatic heterocycles. The zero-order valence-electron chi connectivity index (χ0n) is 10.2. The molecule has 0 saturated heterocycles. The van der Waals surface area contributed by atoms with Gasteiger partial charge in [0, 0.05) is 30.6 Å². The zero-order chi connectivity index (χ0) is 11.7. The van der Waals surface area contributed by atoms with Crippen molar-refractivity contribution in [3.8, 4) is 0 Å². The molecule has 0 saturated carbocycles. The van der Waals surface area contributed by atoms with E-state index >= 15 is 0 Å². The van der Waals surface area contributed by atoms with E-state index in [0.717, 1.165) is 18.4 Å². The van der Waals surface area contributed by atoms with Crippen LogP contribution in [0.15, 0.2) is 18.2 Å². The number of aldehydes is 1. The van der Waals surface area contributed by atoms with Gasteiger partial charge in [-0.3, -0.25) is 0 Å². The van der Waals surface area contributed by atoms with Crippen LogP contribution in [-0.4, -0.2) is 18.9 Å². The Kier molecular flexibility index (Phi) is 2.99. The minimum Gasteiger partial charge on any atom is -0.368 e. The highest BCUT2D eigenvalue weighted by atomic mass is 16.1. The molecule has 0 aliphatic carbocycles. The molecule has 86 valence electrons. The number of carbonyl (C=O) groups is 1. The maximum atomic E-state index is 10.5. The molecule has 0 spiro atoms. The van der Waals surface area contributed by atoms with Gasteiger partial charge in [0.25, 0.3) is 0 Å². The number of anilines is 1. The standard InChI is InChI=1S/C14H19NO/c1-10(2)15-9-11(3)13-8-12(6-7-16)4-5-14(13)15/h4-5,7-8,10-11H,6,9H2,1-3H3. The van der Waals surface area contributed by atoms with Crippen molar-refractivity contribution in [2.24, 2.45) is 0 Å². The quantitative estimate of drug-likeness (QED) is 0.726. The summed E-state index contributed by atoms with van der Waals surface area (Å²) in [7, 11) is 0. The molecule has 0 bridgehead atoms. The monoisotopic (exact) mass is 217 g/mol. The molecule has 0 N–H and O–H groups in total. The zero-order valence-corrected chi connectivity index (χ0v) is 10.2. The Hall–Kier alpha value is -1.31. The fraction of sp³-hybridized carbons (Fsp3) is 0.500. The van der Waals surface area contributed by atoms with Crippen LogP contribution in [0.3, 0.4) is 0 Å². The van der Waals surface area contributed by atoms with Gasteiger partial charge in [-0.2, -0.15) is 0 Å². The summed E-state index contributed by atoms with van der Waals surface area (Å²) in [6.07, 6.45) is 1.50. The first-order chi connectivity index (χ1) is 7.63. The van der Waals surface area contributed by atoms with Crippen molar-refractivity contribution in [1.82, 2.24) is 0 Å². The number of hydrogen-bond acceptors (Lipinski definition) is 2. The molecule has 2 rings (SSSR count). The van der Waals surface area contributed by atoms with Gasteiger partial charge >= 0.3 is 0 Å². The van der Waals surface area contributed by atoms with Crippen LogP contribution in [0.2, 0.25) is 0 Å². The second kappa shape index (κ2) is 4.28. The Bertz CT molecular complexity index is 398. The SMILES string of the molecule is CC1CN(C(C)C)c2ccc(CC=O)cc21. The summed E-state index contributed by atoms with van der Waals surface area (Å²) in [5, 5.41) is 0. The molecule has 1 aliphatic heterocycles. The van der Waals surface area contributed by atoms with Gasteiger partial charge in [0.1, 0.15) is 6.29 Å². The molecular weight excluding hydrogens is 198 g/mol. The largest absolute Gasteiger partial charge is 0.368 e. The number of hydrogen-bond donors (Lipinski definition) is 0. The Balaban J connectivity index is 2.37. The molecule has 0 amide bonds. The maximum absolute atomic E-state index is 10.5. The third-order valence-electron chi connectivity index (χ3n) is 3.35. The van der Waals surface area contributed by atoms with Gasteiger partial charge in [-0.05, 0) is 31.0 Å². The van der Waals surface area contributed by atoms with E-state index in [-0.39, 0.29) is 0 Å². The molecule has 1 aliphatic rings. The molecule has 1 aromatic carbocycles. The summed E-state index contributed by atoms with van der Waals surface area (Å²) in [4.78, 5) is 13.0. The van der Waals surface area contributed by atoms with E-state index in [1.165, 1.54) is 11.3 Å². The number of fused-ring (bicyclic) bond motifs is 1. The summed E-state index contributed by atoms with van der Waals surface area (Å²) in [6, 6.07) is 6.97. The highest BCUT2D eigenvalue weighted by Crippen LogP contribution is 2.37. The van der Waals surface area contributed by atoms with E-state index in [0.29, 0.717) is 18.4 Å². The summed E-state index contributed by atoms with van der Waals surface area (Å²) in [6.45, 7) is 7.80. The number of nitrogens with zero attached hydrogens (tertiary/aromatic N) is 1. The molecule has 1 atom stereocenters. The summed E-state index contributed by atoms with van der Waals surface area (Å²) in [5.74, 6) is 0.573. The van der Waals surface area contributed by atoms with Crippen molar-refractivity contribution < 1.29 is 4.79 Å². The predicted octanol–water partition coefficient (Wildman–Crippen LogP) is 2.76. The van der Waals surface area contributed by atoms with E-state index in [4.69, 9.17) is 0 Å². The summed E-state index contributed by atoms with van der Waals surface area (Å²) in [5.41, 5.74) is 3.87. The van der Waals surface area contributed by atoms with Gasteiger partial charge in [0.2, 0.25) is 0 Å². The molecular formula is C14H19NO. The van der Waals surface area contributed by atoms with Crippen LogP contribution >= 0.6 is 0 Å². The normalized spacial score (nSPS) is 19.0. The highest BCUT2D eigenvalue weighted by Gasteiger charge is 2.26. The summed E-state index contributed by atoms with van der Waals surface area (Å²) >= 11 is 0. The van der Waals surface area contributed by atoms with Crippen molar-refractivity contribution >= 4 is 12.0 Å². The lowest BCUT2D eigenvalue weighted by molar-refractivity contribution is -0.107. The third kappa shape index (κ3) is 1.84. The minimum atomic E-state index is 0.529. The van der Waals surface area contributed by atoms with Crippen LogP contribution < -0.4 is 4.90 Å². The number of carbonyl (C=O) groups excluding carboxylic acids is 1. The first-order valence-electron chi connectivity index (χ1n) is 5.96. The molecule has 1 heterocycles. The second-order valence-corrected chi connectivity index (χ2v) is 4.91. The maximum Gasteiger partial charge on any atom is 0.124 e. The van der Waals surface area contributed by atoms with Crippen LogP contribution in [-0.2, 0) is 11.2 Å². The Labute approximate surface area is 97.3 Å². The van der Waals surface area contributed by atoms with Crippen LogP contribution in [0.1, 0.15) is 37.8 Å². The number of rotatable bonds is 3. The molecule has 0 fully saturated rings. The first kappa shape index (κ1) is 11.2. The molecule has 2 nitrogen and oxygen atoms in total. The van der Waals surface area contributed by atoms with E-state index in [2.05, 4.69) is 43.9 Å². The van der Waals surface area contributed by atoms with Gasteiger partial charge < -0.3 is 9.69 Å². The fourth-order valence-corrected chi connectivity index (χ4v) is 2.46. The lowest BCUT2D eigenvalue weighted by atomic mass is 10.00. The summed E-state index contributed by atoms with van der Waals surface area (Å²) < 4.78 is 0. The van der Waals surface area contributed by atoms with Crippen LogP contribution in [0.25, 0.3) is 0 Å². The Morgan fingerprint density at radius 2 is 2.25 bits per heavy atom. The molecule has 0 radical (unpaired) electrons. The molecule has 1 aromatic rings. The van der Waals surface area contributed by atoms with Crippen molar-refractivity contribution in [2.45, 2.75) is 39.2 Å². The average Bonchev–Trinajstić information content (AvgIpc) is 2.57. The van der Waals surface area contributed by atoms with E-state index < -0.39 is 0 Å². The lowest BCUT2D eigenvalue weighted by Gasteiger charge is -2.24. The molecule has 2 heteroatoms. The smallest absolute Gasteiger partial charge is 0.124 e. The molecule has 16 heavy (non-hydrogen) atoms. The number of benzene rings is 1. The van der Waals surface area contributed by atoms with Crippen molar-refractivity contribution in [3.05, 3.63) is 29.3 Å². The van der Waals surface area contributed by atoms with Gasteiger partial charge in [-0.25, -0.2) is 0 Å². The van der Waals surface area contributed by atoms with Crippen LogP contribution in [0, 0.1) is 0 Å². The van der Waals surface area contributed by atoms with E-state index in [1.54, 1.807) is 0 Å². The average molecular weight is 217 g/mol. The highest BCUT2D eigenvalue weighted by molar-refractivity contribution is 5.64. The fourth-order valence-electron chi connectivity index (χ4n) is 2.46. The van der Waals surface area contributed by atoms with E-state index in [9.17, 15) is 4.79 Å². The van der Waals surface area contributed by atoms with Crippen molar-refractivity contribution in [1.29, 1.82) is 0 Å².